The Labute approximate surface area is 166 Å². The number of benzene rings is 2. The molecule has 1 amide bonds. The molecule has 1 unspecified atom stereocenters. The monoisotopic (exact) mass is 432 g/mol. The topological polar surface area (TPSA) is 78.7 Å². The van der Waals surface area contributed by atoms with Crippen molar-refractivity contribution < 1.29 is 9.72 Å². The maximum Gasteiger partial charge on any atom is 0.292 e. The van der Waals surface area contributed by atoms with E-state index in [4.69, 9.17) is 0 Å². The predicted molar refractivity (Wildman–Crippen MR) is 109 cm³/mol. The minimum absolute atomic E-state index is 0.0627. The zero-order chi connectivity index (χ0) is 19.4. The quantitative estimate of drug-likeness (QED) is 0.577. The molecular formula is C19H21BrN4O3. The Bertz CT molecular complexity index is 837. The lowest BCUT2D eigenvalue weighted by Gasteiger charge is -2.38. The first-order valence-electron chi connectivity index (χ1n) is 8.74. The molecule has 8 heteroatoms. The molecule has 2 aromatic rings. The maximum atomic E-state index is 12.5. The highest BCUT2D eigenvalue weighted by atomic mass is 79.9. The normalized spacial score (nSPS) is 16.0. The molecule has 0 spiro atoms. The number of carbonyl (C=O) groups is 1. The van der Waals surface area contributed by atoms with Crippen LogP contribution in [0.15, 0.2) is 53.0 Å². The number of carbonyl (C=O) groups excluding carboxylic acids is 1. The van der Waals surface area contributed by atoms with E-state index in [-0.39, 0.29) is 22.6 Å². The largest absolute Gasteiger partial charge is 0.363 e. The summed E-state index contributed by atoms with van der Waals surface area (Å²) in [5.41, 5.74) is 1.50. The maximum absolute atomic E-state index is 12.5. The molecule has 0 bridgehead atoms. The van der Waals surface area contributed by atoms with E-state index >= 15 is 0 Å². The van der Waals surface area contributed by atoms with Crippen LogP contribution in [0.25, 0.3) is 0 Å². The van der Waals surface area contributed by atoms with Crippen molar-refractivity contribution in [3.63, 3.8) is 0 Å². The van der Waals surface area contributed by atoms with Crippen LogP contribution in [0.4, 0.5) is 17.1 Å². The van der Waals surface area contributed by atoms with E-state index in [1.165, 1.54) is 6.07 Å². The van der Waals surface area contributed by atoms with Crippen molar-refractivity contribution in [3.8, 4) is 0 Å². The molecule has 0 saturated carbocycles. The van der Waals surface area contributed by atoms with Gasteiger partial charge in [-0.3, -0.25) is 19.8 Å². The molecular weight excluding hydrogens is 412 g/mol. The Kier molecular flexibility index (Phi) is 6.08. The number of nitro benzene ring substituents is 1. The Balaban J connectivity index is 1.60. The predicted octanol–water partition coefficient (Wildman–Crippen LogP) is 3.51. The number of nitro groups is 1. The Morgan fingerprint density at radius 2 is 1.85 bits per heavy atom. The van der Waals surface area contributed by atoms with E-state index in [1.54, 1.807) is 12.1 Å². The molecule has 1 saturated heterocycles. The zero-order valence-corrected chi connectivity index (χ0v) is 16.6. The number of piperazine rings is 1. The molecule has 1 heterocycles. The van der Waals surface area contributed by atoms with E-state index in [1.807, 2.05) is 42.2 Å². The van der Waals surface area contributed by atoms with Crippen LogP contribution >= 0.6 is 15.9 Å². The molecule has 0 aromatic heterocycles. The highest BCUT2D eigenvalue weighted by Gasteiger charge is 2.28. The lowest BCUT2D eigenvalue weighted by atomic mass is 10.1. The van der Waals surface area contributed by atoms with Crippen molar-refractivity contribution in [3.05, 3.63) is 63.1 Å². The average Bonchev–Trinajstić information content (AvgIpc) is 2.67. The standard InChI is InChI=1S/C19H21BrN4O3/c1-14(19(25)21-16-6-4-5-15(20)13-16)22-9-11-23(12-10-22)17-7-2-3-8-18(17)24(26)27/h2-8,13-14H,9-12H2,1H3,(H,21,25). The summed E-state index contributed by atoms with van der Waals surface area (Å²) in [6.07, 6.45) is 0. The van der Waals surface area contributed by atoms with Crippen LogP contribution in [0.5, 0.6) is 0 Å². The van der Waals surface area contributed by atoms with Crippen molar-refractivity contribution in [2.24, 2.45) is 0 Å². The average molecular weight is 433 g/mol. The van der Waals surface area contributed by atoms with Gasteiger partial charge < -0.3 is 10.2 Å². The van der Waals surface area contributed by atoms with Gasteiger partial charge >= 0.3 is 0 Å². The van der Waals surface area contributed by atoms with Crippen LogP contribution < -0.4 is 10.2 Å². The lowest BCUT2D eigenvalue weighted by Crippen LogP contribution is -2.52. The fourth-order valence-electron chi connectivity index (χ4n) is 3.21. The zero-order valence-electron chi connectivity index (χ0n) is 15.0. The summed E-state index contributed by atoms with van der Waals surface area (Å²) < 4.78 is 0.908. The summed E-state index contributed by atoms with van der Waals surface area (Å²) in [7, 11) is 0. The van der Waals surface area contributed by atoms with Gasteiger partial charge in [0.15, 0.2) is 0 Å². The molecule has 1 aliphatic heterocycles. The van der Waals surface area contributed by atoms with Crippen molar-refractivity contribution in [2.75, 3.05) is 36.4 Å². The van der Waals surface area contributed by atoms with Gasteiger partial charge in [-0.1, -0.05) is 34.1 Å². The molecule has 0 aliphatic carbocycles. The minimum atomic E-state index is -0.351. The molecule has 1 N–H and O–H groups in total. The SMILES string of the molecule is CC(C(=O)Nc1cccc(Br)c1)N1CCN(c2ccccc2[N+](=O)[O-])CC1. The lowest BCUT2D eigenvalue weighted by molar-refractivity contribution is -0.384. The molecule has 142 valence electrons. The van der Waals surface area contributed by atoms with Crippen LogP contribution in [-0.2, 0) is 4.79 Å². The fraction of sp³-hybridized carbons (Fsp3) is 0.316. The van der Waals surface area contributed by atoms with Gasteiger partial charge in [0.1, 0.15) is 5.69 Å². The van der Waals surface area contributed by atoms with E-state index in [2.05, 4.69) is 26.1 Å². The van der Waals surface area contributed by atoms with Gasteiger partial charge in [-0.15, -0.1) is 0 Å². The number of halogens is 1. The van der Waals surface area contributed by atoms with E-state index in [0.717, 1.165) is 10.2 Å². The van der Waals surface area contributed by atoms with Gasteiger partial charge in [0, 0.05) is 42.4 Å². The van der Waals surface area contributed by atoms with Gasteiger partial charge in [0.25, 0.3) is 5.69 Å². The van der Waals surface area contributed by atoms with Crippen molar-refractivity contribution in [1.29, 1.82) is 0 Å². The van der Waals surface area contributed by atoms with Crippen molar-refractivity contribution >= 4 is 38.9 Å². The number of nitrogens with one attached hydrogen (secondary N) is 1. The molecule has 1 atom stereocenters. The first kappa shape index (κ1) is 19.3. The van der Waals surface area contributed by atoms with Crippen LogP contribution in [0, 0.1) is 10.1 Å². The Morgan fingerprint density at radius 3 is 2.52 bits per heavy atom. The highest BCUT2D eigenvalue weighted by molar-refractivity contribution is 9.10. The number of amides is 1. The Morgan fingerprint density at radius 1 is 1.15 bits per heavy atom. The summed E-state index contributed by atoms with van der Waals surface area (Å²) in [5.74, 6) is -0.0627. The first-order chi connectivity index (χ1) is 13.0. The third kappa shape index (κ3) is 4.64. The second-order valence-corrected chi connectivity index (χ2v) is 7.36. The smallest absolute Gasteiger partial charge is 0.292 e. The number of rotatable bonds is 5. The van der Waals surface area contributed by atoms with Gasteiger partial charge in [0.05, 0.1) is 11.0 Å². The summed E-state index contributed by atoms with van der Waals surface area (Å²) in [6.45, 7) is 4.49. The summed E-state index contributed by atoms with van der Waals surface area (Å²) in [5, 5.41) is 14.2. The number of nitrogens with zero attached hydrogens (tertiary/aromatic N) is 3. The molecule has 27 heavy (non-hydrogen) atoms. The van der Waals surface area contributed by atoms with Crippen LogP contribution in [0.1, 0.15) is 6.92 Å². The molecule has 2 aromatic carbocycles. The molecule has 1 aliphatic rings. The van der Waals surface area contributed by atoms with Gasteiger partial charge in [-0.2, -0.15) is 0 Å². The van der Waals surface area contributed by atoms with Gasteiger partial charge in [-0.05, 0) is 31.2 Å². The van der Waals surface area contributed by atoms with Crippen LogP contribution in [-0.4, -0.2) is 48.0 Å². The number of anilines is 2. The summed E-state index contributed by atoms with van der Waals surface area (Å²) in [6, 6.07) is 14.0. The minimum Gasteiger partial charge on any atom is -0.363 e. The second-order valence-electron chi connectivity index (χ2n) is 6.44. The molecule has 3 rings (SSSR count). The first-order valence-corrected chi connectivity index (χ1v) is 9.54. The third-order valence-corrected chi connectivity index (χ3v) is 5.25. The van der Waals surface area contributed by atoms with E-state index < -0.39 is 0 Å². The summed E-state index contributed by atoms with van der Waals surface area (Å²) >= 11 is 3.40. The van der Waals surface area contributed by atoms with Crippen LogP contribution in [0.3, 0.4) is 0 Å². The summed E-state index contributed by atoms with van der Waals surface area (Å²) in [4.78, 5) is 27.5. The number of hydrogen-bond acceptors (Lipinski definition) is 5. The van der Waals surface area contributed by atoms with E-state index in [9.17, 15) is 14.9 Å². The molecule has 1 fully saturated rings. The van der Waals surface area contributed by atoms with Gasteiger partial charge in [0.2, 0.25) is 5.91 Å². The highest BCUT2D eigenvalue weighted by Crippen LogP contribution is 2.28. The number of para-hydroxylation sites is 2. The Hall–Kier alpha value is -2.45. The van der Waals surface area contributed by atoms with Gasteiger partial charge in [-0.25, -0.2) is 0 Å². The van der Waals surface area contributed by atoms with E-state index in [0.29, 0.717) is 31.9 Å². The molecule has 0 radical (unpaired) electrons. The number of hydrogen-bond donors (Lipinski definition) is 1. The van der Waals surface area contributed by atoms with Crippen molar-refractivity contribution in [1.82, 2.24) is 4.90 Å². The third-order valence-electron chi connectivity index (χ3n) is 4.75. The fourth-order valence-corrected chi connectivity index (χ4v) is 3.61. The molecule has 7 nitrogen and oxygen atoms in total. The second kappa shape index (κ2) is 8.49. The van der Waals surface area contributed by atoms with Crippen LogP contribution in [0.2, 0.25) is 0 Å². The van der Waals surface area contributed by atoms with Crippen molar-refractivity contribution in [2.45, 2.75) is 13.0 Å².